The van der Waals surface area contributed by atoms with Crippen molar-refractivity contribution in [3.05, 3.63) is 0 Å². The minimum Gasteiger partial charge on any atom is -0.469 e. The van der Waals surface area contributed by atoms with Gasteiger partial charge < -0.3 is 19.7 Å². The number of piperidine rings is 1. The van der Waals surface area contributed by atoms with Crippen molar-refractivity contribution in [2.75, 3.05) is 60.0 Å². The molecule has 0 aromatic carbocycles. The van der Waals surface area contributed by atoms with Gasteiger partial charge in [-0.3, -0.25) is 14.6 Å². The monoisotopic (exact) mass is 396 g/mol. The lowest BCUT2D eigenvalue weighted by Gasteiger charge is -2.48. The van der Waals surface area contributed by atoms with Gasteiger partial charge in [-0.25, -0.2) is 4.79 Å². The third-order valence-corrected chi connectivity index (χ3v) is 6.74. The Labute approximate surface area is 168 Å². The molecule has 3 heterocycles. The SMILES string of the molecule is CCC(C1CCNCC1)C1CN(C2CN(C)C(=O)O2)CCN1CCC(=O)OC. The van der Waals surface area contributed by atoms with E-state index in [1.54, 1.807) is 11.9 Å². The highest BCUT2D eigenvalue weighted by Gasteiger charge is 2.41. The molecule has 3 rings (SSSR count). The summed E-state index contributed by atoms with van der Waals surface area (Å²) in [5.74, 6) is 1.13. The zero-order chi connectivity index (χ0) is 20.1. The number of esters is 1. The third-order valence-electron chi connectivity index (χ3n) is 6.74. The fourth-order valence-corrected chi connectivity index (χ4v) is 5.09. The second-order valence-corrected chi connectivity index (χ2v) is 8.30. The minimum absolute atomic E-state index is 0.151. The van der Waals surface area contributed by atoms with Gasteiger partial charge in [0.05, 0.1) is 20.1 Å². The van der Waals surface area contributed by atoms with Crippen LogP contribution in [0.5, 0.6) is 0 Å². The van der Waals surface area contributed by atoms with Crippen molar-refractivity contribution >= 4 is 12.1 Å². The highest BCUT2D eigenvalue weighted by atomic mass is 16.6. The summed E-state index contributed by atoms with van der Waals surface area (Å²) in [4.78, 5) is 30.0. The van der Waals surface area contributed by atoms with Crippen LogP contribution in [0.2, 0.25) is 0 Å². The second kappa shape index (κ2) is 9.89. The van der Waals surface area contributed by atoms with Gasteiger partial charge in [0.15, 0.2) is 6.23 Å². The molecule has 0 spiro atoms. The van der Waals surface area contributed by atoms with Crippen LogP contribution in [0, 0.1) is 11.8 Å². The molecule has 0 aromatic rings. The number of cyclic esters (lactones) is 1. The Balaban J connectivity index is 1.71. The molecule has 28 heavy (non-hydrogen) atoms. The van der Waals surface area contributed by atoms with Crippen molar-refractivity contribution in [3.63, 3.8) is 0 Å². The van der Waals surface area contributed by atoms with Gasteiger partial charge in [0.1, 0.15) is 0 Å². The number of amides is 1. The molecule has 0 aromatic heterocycles. The van der Waals surface area contributed by atoms with Gasteiger partial charge >= 0.3 is 12.1 Å². The number of hydrogen-bond acceptors (Lipinski definition) is 7. The topological polar surface area (TPSA) is 74.4 Å². The van der Waals surface area contributed by atoms with E-state index in [0.29, 0.717) is 30.8 Å². The van der Waals surface area contributed by atoms with E-state index in [0.717, 1.165) is 45.7 Å². The van der Waals surface area contributed by atoms with E-state index < -0.39 is 0 Å². The maximum Gasteiger partial charge on any atom is 0.411 e. The van der Waals surface area contributed by atoms with Gasteiger partial charge in [-0.05, 0) is 37.8 Å². The summed E-state index contributed by atoms with van der Waals surface area (Å²) in [7, 11) is 3.24. The Hall–Kier alpha value is -1.38. The first-order valence-corrected chi connectivity index (χ1v) is 10.7. The fraction of sp³-hybridized carbons (Fsp3) is 0.900. The van der Waals surface area contributed by atoms with Crippen LogP contribution < -0.4 is 5.32 Å². The van der Waals surface area contributed by atoms with Crippen molar-refractivity contribution in [2.24, 2.45) is 11.8 Å². The van der Waals surface area contributed by atoms with Crippen molar-refractivity contribution < 1.29 is 19.1 Å². The maximum absolute atomic E-state index is 11.8. The lowest BCUT2D eigenvalue weighted by Crippen LogP contribution is -2.60. The number of nitrogens with zero attached hydrogens (tertiary/aromatic N) is 3. The molecule has 0 saturated carbocycles. The summed E-state index contributed by atoms with van der Waals surface area (Å²) in [5.41, 5.74) is 0. The Morgan fingerprint density at radius 2 is 2.04 bits per heavy atom. The fourth-order valence-electron chi connectivity index (χ4n) is 5.09. The molecule has 3 fully saturated rings. The Morgan fingerprint density at radius 3 is 2.64 bits per heavy atom. The van der Waals surface area contributed by atoms with E-state index in [2.05, 4.69) is 22.0 Å². The number of nitrogens with one attached hydrogen (secondary N) is 1. The largest absolute Gasteiger partial charge is 0.469 e. The molecule has 3 unspecified atom stereocenters. The average Bonchev–Trinajstić information content (AvgIpc) is 3.06. The molecule has 3 aliphatic rings. The molecule has 3 aliphatic heterocycles. The maximum atomic E-state index is 11.8. The number of carbonyl (C=O) groups is 2. The quantitative estimate of drug-likeness (QED) is 0.643. The number of ether oxygens (including phenoxy) is 2. The average molecular weight is 397 g/mol. The zero-order valence-electron chi connectivity index (χ0n) is 17.6. The summed E-state index contributed by atoms with van der Waals surface area (Å²) in [6.07, 6.45) is 3.58. The smallest absolute Gasteiger partial charge is 0.411 e. The van der Waals surface area contributed by atoms with Gasteiger partial charge in [0.2, 0.25) is 0 Å². The van der Waals surface area contributed by atoms with Crippen molar-refractivity contribution in [3.8, 4) is 0 Å². The van der Waals surface area contributed by atoms with Gasteiger partial charge in [0.25, 0.3) is 0 Å². The standard InChI is InChI=1S/C20H36N4O4/c1-4-16(15-5-8-21-9-6-15)17-13-24(18-14-22(2)20(26)28-18)12-11-23(17)10-7-19(25)27-3/h15-18,21H,4-14H2,1-3H3. The Kier molecular flexibility index (Phi) is 7.54. The minimum atomic E-state index is -0.236. The molecule has 3 saturated heterocycles. The number of rotatable bonds is 7. The van der Waals surface area contributed by atoms with Crippen molar-refractivity contribution in [1.82, 2.24) is 20.0 Å². The summed E-state index contributed by atoms with van der Waals surface area (Å²) in [6.45, 7) is 8.44. The predicted molar refractivity (Wildman–Crippen MR) is 106 cm³/mol. The van der Waals surface area contributed by atoms with Crippen molar-refractivity contribution in [1.29, 1.82) is 0 Å². The molecule has 0 bridgehead atoms. The first kappa shape index (κ1) is 21.3. The van der Waals surface area contributed by atoms with Crippen LogP contribution in [-0.2, 0) is 14.3 Å². The van der Waals surface area contributed by atoms with Crippen LogP contribution in [0.4, 0.5) is 4.79 Å². The van der Waals surface area contributed by atoms with E-state index in [1.165, 1.54) is 20.0 Å². The van der Waals surface area contributed by atoms with E-state index >= 15 is 0 Å². The lowest BCUT2D eigenvalue weighted by atomic mass is 9.77. The van der Waals surface area contributed by atoms with Gasteiger partial charge in [-0.15, -0.1) is 0 Å². The van der Waals surface area contributed by atoms with Crippen molar-refractivity contribution in [2.45, 2.75) is 44.9 Å². The van der Waals surface area contributed by atoms with Crippen LogP contribution >= 0.6 is 0 Å². The van der Waals surface area contributed by atoms with E-state index in [4.69, 9.17) is 9.47 Å². The summed E-state index contributed by atoms with van der Waals surface area (Å²) in [6, 6.07) is 0.371. The molecule has 1 N–H and O–H groups in total. The molecule has 8 heteroatoms. The van der Waals surface area contributed by atoms with Crippen LogP contribution in [-0.4, -0.2) is 99.0 Å². The number of methoxy groups -OCH3 is 1. The summed E-state index contributed by atoms with van der Waals surface area (Å²) < 4.78 is 10.4. The lowest BCUT2D eigenvalue weighted by molar-refractivity contribution is -0.141. The number of piperazine rings is 1. The second-order valence-electron chi connectivity index (χ2n) is 8.30. The highest BCUT2D eigenvalue weighted by molar-refractivity contribution is 5.69. The molecule has 160 valence electrons. The molecule has 0 radical (unpaired) electrons. The van der Waals surface area contributed by atoms with E-state index in [1.807, 2.05) is 0 Å². The molecule has 3 atom stereocenters. The Morgan fingerprint density at radius 1 is 1.29 bits per heavy atom. The first-order chi connectivity index (χ1) is 13.5. The number of hydrogen-bond donors (Lipinski definition) is 1. The van der Waals surface area contributed by atoms with Crippen LogP contribution in [0.15, 0.2) is 0 Å². The molecular weight excluding hydrogens is 360 g/mol. The van der Waals surface area contributed by atoms with Crippen LogP contribution in [0.3, 0.4) is 0 Å². The van der Waals surface area contributed by atoms with E-state index in [9.17, 15) is 9.59 Å². The van der Waals surface area contributed by atoms with Crippen LogP contribution in [0.1, 0.15) is 32.6 Å². The molecular formula is C20H36N4O4. The molecule has 8 nitrogen and oxygen atoms in total. The number of likely N-dealkylation sites (N-methyl/N-ethyl adjacent to an activating group) is 1. The first-order valence-electron chi connectivity index (χ1n) is 10.7. The number of carbonyl (C=O) groups excluding carboxylic acids is 2. The van der Waals surface area contributed by atoms with Gasteiger partial charge in [-0.1, -0.05) is 13.3 Å². The third kappa shape index (κ3) is 4.96. The summed E-state index contributed by atoms with van der Waals surface area (Å²) >= 11 is 0. The van der Waals surface area contributed by atoms with Gasteiger partial charge in [-0.2, -0.15) is 0 Å². The zero-order valence-corrected chi connectivity index (χ0v) is 17.6. The predicted octanol–water partition coefficient (Wildman–Crippen LogP) is 0.970. The van der Waals surface area contributed by atoms with Crippen LogP contribution in [0.25, 0.3) is 0 Å². The van der Waals surface area contributed by atoms with E-state index in [-0.39, 0.29) is 18.3 Å². The molecule has 1 amide bonds. The normalized spacial score (nSPS) is 29.0. The van der Waals surface area contributed by atoms with Gasteiger partial charge in [0, 0.05) is 39.3 Å². The molecule has 0 aliphatic carbocycles. The summed E-state index contributed by atoms with van der Waals surface area (Å²) in [5, 5.41) is 3.47. The Bertz CT molecular complexity index is 540. The highest BCUT2D eigenvalue weighted by Crippen LogP contribution is 2.33.